The molecule has 0 aliphatic carbocycles. The van der Waals surface area contributed by atoms with Gasteiger partial charge in [-0.15, -0.1) is 0 Å². The van der Waals surface area contributed by atoms with Crippen LogP contribution in [0.15, 0.2) is 0 Å². The van der Waals surface area contributed by atoms with Crippen molar-refractivity contribution in [3.8, 4) is 0 Å². The Bertz CT molecular complexity index is 472. The molecule has 0 amide bonds. The van der Waals surface area contributed by atoms with Crippen molar-refractivity contribution in [1.82, 2.24) is 0 Å². The Morgan fingerprint density at radius 3 is 1.38 bits per heavy atom. The van der Waals surface area contributed by atoms with Gasteiger partial charge in [0.25, 0.3) is 6.42 Å². The number of nitrogens with zero attached hydrogens (tertiary/aromatic N) is 5. The van der Waals surface area contributed by atoms with Gasteiger partial charge in [0.1, 0.15) is 6.42 Å². The smallest absolute Gasteiger partial charge is 0.265 e. The van der Waals surface area contributed by atoms with Gasteiger partial charge >= 0.3 is 11.6 Å². The Labute approximate surface area is 112 Å². The minimum absolute atomic E-state index is 1.22. The van der Waals surface area contributed by atoms with E-state index >= 15 is 0 Å². The van der Waals surface area contributed by atoms with Gasteiger partial charge in [-0.2, -0.15) is 4.39 Å². The van der Waals surface area contributed by atoms with Crippen molar-refractivity contribution in [3.63, 3.8) is 0 Å². The summed E-state index contributed by atoms with van der Waals surface area (Å²) in [5, 5.41) is 52.2. The van der Waals surface area contributed by atoms with Crippen LogP contribution in [-0.4, -0.2) is 42.7 Å². The number of rotatable bonds is 9. The fourth-order valence-corrected chi connectivity index (χ4v) is 1.26. The largest absolute Gasteiger partial charge is 0.710 e. The first kappa shape index (κ1) is 17.9. The van der Waals surface area contributed by atoms with Crippen molar-refractivity contribution < 1.29 is 29.0 Å². The molecule has 21 heavy (non-hydrogen) atoms. The summed E-state index contributed by atoms with van der Waals surface area (Å²) < 4.78 is 13.9. The predicted octanol–water partition coefficient (Wildman–Crippen LogP) is -0.530. The van der Waals surface area contributed by atoms with Crippen molar-refractivity contribution in [1.29, 1.82) is 0 Å². The summed E-state index contributed by atoms with van der Waals surface area (Å²) >= 11 is 0. The third-order valence-corrected chi connectivity index (χ3v) is 2.39. The molecule has 0 saturated carbocycles. The molecule has 0 saturated heterocycles. The fourth-order valence-electron chi connectivity index (χ4n) is 1.26. The quantitative estimate of drug-likeness (QED) is 0.229. The molecular weight excluding hydrogens is 309 g/mol. The number of hydrogen-bond donors (Lipinski definition) is 0. The predicted molar refractivity (Wildman–Crippen MR) is 55.6 cm³/mol. The minimum Gasteiger partial charge on any atom is -0.265 e. The van der Waals surface area contributed by atoms with Crippen LogP contribution >= 0.6 is 0 Å². The van der Waals surface area contributed by atoms with Gasteiger partial charge < -0.3 is 0 Å². The molecule has 0 N–H and O–H groups in total. The molecule has 118 valence electrons. The van der Waals surface area contributed by atoms with Crippen molar-refractivity contribution in [2.45, 2.75) is 24.4 Å². The average molecular weight is 315 g/mol. The van der Waals surface area contributed by atoms with E-state index in [0.29, 0.717) is 0 Å². The first-order valence-electron chi connectivity index (χ1n) is 4.79. The highest BCUT2D eigenvalue weighted by Crippen LogP contribution is 2.31. The molecule has 15 nitrogen and oxygen atoms in total. The standard InChI is InChI=1S/C5H6FN5O10/c6-4(8(14)15,1-2-7(12)13)3-5(9(16)17,10(18)19)11(20)21/h1-3H2. The molecule has 0 bridgehead atoms. The number of halogens is 1. The molecule has 16 heteroatoms. The topological polar surface area (TPSA) is 216 Å². The molecule has 0 radical (unpaired) electrons. The minimum atomic E-state index is -4.42. The molecule has 0 aromatic heterocycles. The van der Waals surface area contributed by atoms with Gasteiger partial charge in [0.2, 0.25) is 6.54 Å². The van der Waals surface area contributed by atoms with Crippen LogP contribution in [0.1, 0.15) is 12.8 Å². The van der Waals surface area contributed by atoms with Gasteiger partial charge in [-0.3, -0.25) is 50.6 Å². The molecule has 1 unspecified atom stereocenters. The summed E-state index contributed by atoms with van der Waals surface area (Å²) in [7, 11) is 0. The van der Waals surface area contributed by atoms with Gasteiger partial charge in [-0.05, 0) is 0 Å². The van der Waals surface area contributed by atoms with E-state index in [1.165, 1.54) is 0 Å². The maximum Gasteiger partial charge on any atom is 0.710 e. The molecule has 0 heterocycles. The van der Waals surface area contributed by atoms with Gasteiger partial charge in [0.05, 0.1) is 4.92 Å². The van der Waals surface area contributed by atoms with E-state index in [0.717, 1.165) is 0 Å². The average Bonchev–Trinajstić information content (AvgIpc) is 2.31. The van der Waals surface area contributed by atoms with Crippen LogP contribution in [0.2, 0.25) is 0 Å². The molecule has 0 aliphatic heterocycles. The molecule has 0 aromatic rings. The molecule has 0 fully saturated rings. The summed E-state index contributed by atoms with van der Waals surface area (Å²) in [6.45, 7) is -1.40. The van der Waals surface area contributed by atoms with Gasteiger partial charge in [0, 0.05) is 4.92 Å². The van der Waals surface area contributed by atoms with Crippen molar-refractivity contribution in [2.24, 2.45) is 0 Å². The van der Waals surface area contributed by atoms with Crippen molar-refractivity contribution >= 4 is 0 Å². The Hall–Kier alpha value is -3.07. The van der Waals surface area contributed by atoms with Crippen LogP contribution in [0.25, 0.3) is 0 Å². The van der Waals surface area contributed by atoms with Crippen LogP contribution in [0, 0.1) is 50.6 Å². The number of alkyl halides is 1. The van der Waals surface area contributed by atoms with Crippen LogP contribution < -0.4 is 0 Å². The lowest BCUT2D eigenvalue weighted by Gasteiger charge is -2.16. The lowest BCUT2D eigenvalue weighted by atomic mass is 10.0. The normalized spacial score (nSPS) is 14.0. The second-order valence-electron chi connectivity index (χ2n) is 3.70. The molecule has 1 atom stereocenters. The molecule has 0 aliphatic rings. The summed E-state index contributed by atoms with van der Waals surface area (Å²) in [4.78, 5) is 42.8. The lowest BCUT2D eigenvalue weighted by Crippen LogP contribution is -2.58. The Morgan fingerprint density at radius 2 is 1.14 bits per heavy atom. The van der Waals surface area contributed by atoms with Gasteiger partial charge in [-0.25, -0.2) is 0 Å². The summed E-state index contributed by atoms with van der Waals surface area (Å²) in [5.74, 6) is -8.50. The molecule has 0 spiro atoms. The van der Waals surface area contributed by atoms with E-state index in [-0.39, 0.29) is 0 Å². The van der Waals surface area contributed by atoms with Crippen LogP contribution in [0.5, 0.6) is 0 Å². The van der Waals surface area contributed by atoms with Crippen LogP contribution in [-0.2, 0) is 0 Å². The third-order valence-electron chi connectivity index (χ3n) is 2.39. The van der Waals surface area contributed by atoms with E-state index < -0.39 is 55.6 Å². The second-order valence-corrected chi connectivity index (χ2v) is 3.70. The summed E-state index contributed by atoms with van der Waals surface area (Å²) in [6, 6.07) is 0. The zero-order valence-corrected chi connectivity index (χ0v) is 9.82. The monoisotopic (exact) mass is 315 g/mol. The summed E-state index contributed by atoms with van der Waals surface area (Å²) in [5.41, 5.74) is 0. The van der Waals surface area contributed by atoms with Crippen LogP contribution in [0.4, 0.5) is 4.39 Å². The first-order chi connectivity index (χ1) is 9.40. The van der Waals surface area contributed by atoms with E-state index in [4.69, 9.17) is 0 Å². The SMILES string of the molecule is O=[N+]([O-])CCC(F)(CC([N+](=O)[O-])([N+](=O)[O-])[N+](=O)[O-])[N+](=O)[O-]. The second kappa shape index (κ2) is 5.92. The van der Waals surface area contributed by atoms with E-state index in [2.05, 4.69) is 0 Å². The summed E-state index contributed by atoms with van der Waals surface area (Å²) in [6.07, 6.45) is -4.00. The highest BCUT2D eigenvalue weighted by Gasteiger charge is 2.77. The maximum atomic E-state index is 13.9. The Kier molecular flexibility index (Phi) is 5.06. The van der Waals surface area contributed by atoms with Gasteiger partial charge in [-0.1, -0.05) is 0 Å². The van der Waals surface area contributed by atoms with E-state index in [9.17, 15) is 55.0 Å². The zero-order valence-electron chi connectivity index (χ0n) is 9.82. The molecular formula is C5H6FN5O10. The number of hydrogen-bond acceptors (Lipinski definition) is 10. The highest BCUT2D eigenvalue weighted by molar-refractivity contribution is 4.72. The van der Waals surface area contributed by atoms with Crippen molar-refractivity contribution in [2.75, 3.05) is 6.54 Å². The van der Waals surface area contributed by atoms with Crippen LogP contribution in [0.3, 0.4) is 0 Å². The van der Waals surface area contributed by atoms with E-state index in [1.807, 2.05) is 0 Å². The van der Waals surface area contributed by atoms with Crippen molar-refractivity contribution in [3.05, 3.63) is 50.6 Å². The van der Waals surface area contributed by atoms with E-state index in [1.54, 1.807) is 0 Å². The highest BCUT2D eigenvalue weighted by atomic mass is 19.1. The lowest BCUT2D eigenvalue weighted by molar-refractivity contribution is -0.975. The Balaban J connectivity index is 5.79. The third kappa shape index (κ3) is 3.48. The van der Waals surface area contributed by atoms with Gasteiger partial charge in [0.15, 0.2) is 14.8 Å². The first-order valence-corrected chi connectivity index (χ1v) is 4.79. The molecule has 0 aromatic carbocycles. The molecule has 0 rings (SSSR count). The Morgan fingerprint density at radius 1 is 0.762 bits per heavy atom. The maximum absolute atomic E-state index is 13.9. The zero-order chi connectivity index (χ0) is 17.0. The fraction of sp³-hybridized carbons (Fsp3) is 1.00. The number of nitro groups is 5.